The van der Waals surface area contributed by atoms with E-state index in [1.165, 1.54) is 5.06 Å². The van der Waals surface area contributed by atoms with Crippen molar-refractivity contribution in [2.45, 2.75) is 26.3 Å². The first-order chi connectivity index (χ1) is 8.48. The maximum Gasteiger partial charge on any atom is 0.152 e. The average Bonchev–Trinajstić information content (AvgIpc) is 2.38. The van der Waals surface area contributed by atoms with Crippen LogP contribution in [0.25, 0.3) is 11.1 Å². The zero-order valence-corrected chi connectivity index (χ0v) is 11.0. The molecular formula is C15H18N2O. The fourth-order valence-electron chi connectivity index (χ4n) is 1.66. The lowest BCUT2D eigenvalue weighted by Gasteiger charge is -2.30. The van der Waals surface area contributed by atoms with E-state index < -0.39 is 0 Å². The van der Waals surface area contributed by atoms with Crippen molar-refractivity contribution in [3.05, 3.63) is 48.7 Å². The summed E-state index contributed by atoms with van der Waals surface area (Å²) >= 11 is 0. The van der Waals surface area contributed by atoms with Gasteiger partial charge in [0.15, 0.2) is 5.82 Å². The Morgan fingerprint density at radius 3 is 2.11 bits per heavy atom. The van der Waals surface area contributed by atoms with E-state index in [1.54, 1.807) is 6.20 Å². The largest absolute Gasteiger partial charge is 0.286 e. The Morgan fingerprint density at radius 1 is 0.944 bits per heavy atom. The summed E-state index contributed by atoms with van der Waals surface area (Å²) in [5.41, 5.74) is 1.81. The van der Waals surface area contributed by atoms with Crippen LogP contribution in [0.5, 0.6) is 0 Å². The summed E-state index contributed by atoms with van der Waals surface area (Å²) in [6, 6.07) is 13.8. The summed E-state index contributed by atoms with van der Waals surface area (Å²) in [4.78, 5) is 4.30. The van der Waals surface area contributed by atoms with Crippen LogP contribution in [0.2, 0.25) is 0 Å². The molecule has 1 N–H and O–H groups in total. The first kappa shape index (κ1) is 12.6. The highest BCUT2D eigenvalue weighted by molar-refractivity contribution is 5.63. The third kappa shape index (κ3) is 2.68. The van der Waals surface area contributed by atoms with Gasteiger partial charge >= 0.3 is 0 Å². The number of benzene rings is 1. The van der Waals surface area contributed by atoms with Gasteiger partial charge in [-0.05, 0) is 38.5 Å². The summed E-state index contributed by atoms with van der Waals surface area (Å²) < 4.78 is 0. The molecule has 3 heteroatoms. The SMILES string of the molecule is CC(C)(C)N(O)c1ccc(-c2ccccc2)cn1. The smallest absolute Gasteiger partial charge is 0.152 e. The lowest BCUT2D eigenvalue weighted by atomic mass is 10.1. The number of aromatic nitrogens is 1. The summed E-state index contributed by atoms with van der Waals surface area (Å²) in [5.74, 6) is 0.558. The Bertz CT molecular complexity index is 500. The van der Waals surface area contributed by atoms with Crippen LogP contribution >= 0.6 is 0 Å². The monoisotopic (exact) mass is 242 g/mol. The maximum atomic E-state index is 9.99. The second kappa shape index (κ2) is 4.78. The van der Waals surface area contributed by atoms with Gasteiger partial charge < -0.3 is 0 Å². The minimum absolute atomic E-state index is 0.360. The van der Waals surface area contributed by atoms with Crippen molar-refractivity contribution in [3.8, 4) is 11.1 Å². The highest BCUT2D eigenvalue weighted by Crippen LogP contribution is 2.23. The second-order valence-electron chi connectivity index (χ2n) is 5.25. The van der Waals surface area contributed by atoms with Crippen molar-refractivity contribution in [2.24, 2.45) is 0 Å². The molecule has 2 aromatic rings. The Balaban J connectivity index is 2.26. The molecule has 0 bridgehead atoms. The Labute approximate surface area is 108 Å². The minimum atomic E-state index is -0.360. The molecule has 1 heterocycles. The van der Waals surface area contributed by atoms with E-state index in [4.69, 9.17) is 0 Å². The number of anilines is 1. The summed E-state index contributed by atoms with van der Waals surface area (Å²) in [5, 5.41) is 11.2. The van der Waals surface area contributed by atoms with Crippen LogP contribution in [-0.2, 0) is 0 Å². The second-order valence-corrected chi connectivity index (χ2v) is 5.25. The van der Waals surface area contributed by atoms with Crippen molar-refractivity contribution in [1.82, 2.24) is 4.98 Å². The third-order valence-corrected chi connectivity index (χ3v) is 2.71. The van der Waals surface area contributed by atoms with Crippen molar-refractivity contribution >= 4 is 5.82 Å². The summed E-state index contributed by atoms with van der Waals surface area (Å²) in [6.07, 6.45) is 1.78. The molecule has 0 atom stereocenters. The number of rotatable bonds is 2. The highest BCUT2D eigenvalue weighted by atomic mass is 16.5. The van der Waals surface area contributed by atoms with Crippen molar-refractivity contribution < 1.29 is 5.21 Å². The maximum absolute atomic E-state index is 9.99. The van der Waals surface area contributed by atoms with Gasteiger partial charge in [-0.25, -0.2) is 10.0 Å². The van der Waals surface area contributed by atoms with E-state index in [-0.39, 0.29) is 5.54 Å². The standard InChI is InChI=1S/C15H18N2O/c1-15(2,3)17(18)14-10-9-13(11-16-14)12-7-5-4-6-8-12/h4-11,18H,1-3H3. The van der Waals surface area contributed by atoms with Crippen molar-refractivity contribution in [1.29, 1.82) is 0 Å². The third-order valence-electron chi connectivity index (χ3n) is 2.71. The summed E-state index contributed by atoms with van der Waals surface area (Å²) in [7, 11) is 0. The molecule has 0 radical (unpaired) electrons. The number of hydrogen-bond donors (Lipinski definition) is 1. The van der Waals surface area contributed by atoms with Gasteiger partial charge in [0.05, 0.1) is 5.54 Å². The number of hydrogen-bond acceptors (Lipinski definition) is 3. The normalized spacial score (nSPS) is 11.3. The Hall–Kier alpha value is -1.87. The summed E-state index contributed by atoms with van der Waals surface area (Å²) in [6.45, 7) is 5.79. The molecule has 0 saturated heterocycles. The van der Waals surface area contributed by atoms with E-state index in [2.05, 4.69) is 4.98 Å². The molecule has 3 nitrogen and oxygen atoms in total. The van der Waals surface area contributed by atoms with Gasteiger partial charge in [-0.15, -0.1) is 0 Å². The van der Waals surface area contributed by atoms with Gasteiger partial charge in [0.2, 0.25) is 0 Å². The van der Waals surface area contributed by atoms with Crippen LogP contribution < -0.4 is 5.06 Å². The molecule has 0 spiro atoms. The van der Waals surface area contributed by atoms with Gasteiger partial charge in [-0.2, -0.15) is 0 Å². The Morgan fingerprint density at radius 2 is 1.61 bits per heavy atom. The lowest BCUT2D eigenvalue weighted by molar-refractivity contribution is 0.178. The van der Waals surface area contributed by atoms with Crippen LogP contribution in [0.1, 0.15) is 20.8 Å². The molecule has 0 unspecified atom stereocenters. The van der Waals surface area contributed by atoms with Gasteiger partial charge in [0, 0.05) is 11.8 Å². The predicted octanol–water partition coefficient (Wildman–Crippen LogP) is 3.74. The van der Waals surface area contributed by atoms with E-state index in [0.29, 0.717) is 5.82 Å². The molecule has 1 aromatic heterocycles. The van der Waals surface area contributed by atoms with Crippen molar-refractivity contribution in [3.63, 3.8) is 0 Å². The van der Waals surface area contributed by atoms with Crippen LogP contribution in [0.15, 0.2) is 48.7 Å². The molecule has 94 valence electrons. The van der Waals surface area contributed by atoms with E-state index >= 15 is 0 Å². The molecule has 0 fully saturated rings. The average molecular weight is 242 g/mol. The number of nitrogens with zero attached hydrogens (tertiary/aromatic N) is 2. The molecule has 0 aliphatic rings. The fraction of sp³-hybridized carbons (Fsp3) is 0.267. The first-order valence-corrected chi connectivity index (χ1v) is 5.99. The quantitative estimate of drug-likeness (QED) is 0.815. The van der Waals surface area contributed by atoms with E-state index in [9.17, 15) is 5.21 Å². The lowest BCUT2D eigenvalue weighted by Crippen LogP contribution is -2.39. The predicted molar refractivity (Wildman–Crippen MR) is 73.7 cm³/mol. The van der Waals surface area contributed by atoms with Crippen LogP contribution in [0, 0.1) is 0 Å². The van der Waals surface area contributed by atoms with Crippen LogP contribution in [0.3, 0.4) is 0 Å². The zero-order valence-electron chi connectivity index (χ0n) is 11.0. The fourth-order valence-corrected chi connectivity index (χ4v) is 1.66. The number of hydroxylamine groups is 1. The zero-order chi connectivity index (χ0) is 13.2. The van der Waals surface area contributed by atoms with Gasteiger partial charge in [0.25, 0.3) is 0 Å². The van der Waals surface area contributed by atoms with Gasteiger partial charge in [-0.1, -0.05) is 30.3 Å². The Kier molecular flexibility index (Phi) is 3.34. The first-order valence-electron chi connectivity index (χ1n) is 5.99. The van der Waals surface area contributed by atoms with E-state index in [1.807, 2.05) is 63.2 Å². The molecule has 0 aliphatic carbocycles. The van der Waals surface area contributed by atoms with Gasteiger partial charge in [0.1, 0.15) is 0 Å². The van der Waals surface area contributed by atoms with Crippen LogP contribution in [0.4, 0.5) is 5.82 Å². The molecular weight excluding hydrogens is 224 g/mol. The molecule has 0 amide bonds. The number of pyridine rings is 1. The molecule has 0 aliphatic heterocycles. The van der Waals surface area contributed by atoms with Crippen LogP contribution in [-0.4, -0.2) is 15.7 Å². The molecule has 18 heavy (non-hydrogen) atoms. The molecule has 2 rings (SSSR count). The van der Waals surface area contributed by atoms with Crippen molar-refractivity contribution in [2.75, 3.05) is 5.06 Å². The highest BCUT2D eigenvalue weighted by Gasteiger charge is 2.20. The molecule has 0 saturated carbocycles. The topological polar surface area (TPSA) is 36.4 Å². The van der Waals surface area contributed by atoms with Gasteiger partial charge in [-0.3, -0.25) is 5.21 Å². The molecule has 1 aromatic carbocycles. The minimum Gasteiger partial charge on any atom is -0.286 e. The van der Waals surface area contributed by atoms with E-state index in [0.717, 1.165) is 11.1 Å².